The number of carboxylic acid groups (broad SMARTS) is 1. The lowest BCUT2D eigenvalue weighted by Gasteiger charge is -2.16. The monoisotopic (exact) mass is 295 g/mol. The summed E-state index contributed by atoms with van der Waals surface area (Å²) in [4.78, 5) is 25.5. The smallest absolute Gasteiger partial charge is 0.319 e. The molecule has 1 unspecified atom stereocenters. The fourth-order valence-electron chi connectivity index (χ4n) is 1.95. The average Bonchev–Trinajstić information content (AvgIpc) is 2.84. The van der Waals surface area contributed by atoms with E-state index >= 15 is 0 Å². The van der Waals surface area contributed by atoms with Gasteiger partial charge in [-0.2, -0.15) is 0 Å². The molecule has 0 radical (unpaired) electrons. The second-order valence-electron chi connectivity index (χ2n) is 4.27. The van der Waals surface area contributed by atoms with Crippen LogP contribution in [0.3, 0.4) is 0 Å². The van der Waals surface area contributed by atoms with E-state index in [2.05, 4.69) is 10.3 Å². The molecule has 0 aliphatic rings. The number of hydrogen-bond donors (Lipinski definition) is 2. The van der Waals surface area contributed by atoms with Gasteiger partial charge in [0.05, 0.1) is 21.6 Å². The number of nitrogens with one attached hydrogen (secondary N) is 1. The van der Waals surface area contributed by atoms with Crippen LogP contribution in [-0.4, -0.2) is 27.0 Å². The Bertz CT molecular complexity index is 655. The molecule has 8 heteroatoms. The van der Waals surface area contributed by atoms with E-state index in [4.69, 9.17) is 5.11 Å². The van der Waals surface area contributed by atoms with Crippen LogP contribution in [0.4, 0.5) is 11.4 Å². The number of hydrogen-bond acceptors (Lipinski definition) is 6. The van der Waals surface area contributed by atoms with Crippen LogP contribution in [0.1, 0.15) is 19.8 Å². The zero-order chi connectivity index (χ0) is 14.7. The third-order valence-corrected chi connectivity index (χ3v) is 3.73. The number of thiazole rings is 1. The fourth-order valence-corrected chi connectivity index (χ4v) is 2.63. The first kappa shape index (κ1) is 14.2. The summed E-state index contributed by atoms with van der Waals surface area (Å²) in [5, 5.41) is 23.0. The van der Waals surface area contributed by atoms with Crippen LogP contribution in [0.5, 0.6) is 0 Å². The zero-order valence-corrected chi connectivity index (χ0v) is 11.5. The lowest BCUT2D eigenvalue weighted by molar-refractivity contribution is -0.382. The Balaban J connectivity index is 2.40. The predicted molar refractivity (Wildman–Crippen MR) is 76.2 cm³/mol. The maximum absolute atomic E-state index is 11.2. The van der Waals surface area contributed by atoms with Gasteiger partial charge in [-0.05, 0) is 18.6 Å². The van der Waals surface area contributed by atoms with E-state index in [1.165, 1.54) is 11.3 Å². The van der Waals surface area contributed by atoms with Gasteiger partial charge in [0, 0.05) is 6.04 Å². The van der Waals surface area contributed by atoms with Gasteiger partial charge >= 0.3 is 11.7 Å². The van der Waals surface area contributed by atoms with E-state index in [-0.39, 0.29) is 18.2 Å². The molecule has 0 saturated heterocycles. The Labute approximate surface area is 118 Å². The van der Waals surface area contributed by atoms with Crippen molar-refractivity contribution in [3.05, 3.63) is 27.8 Å². The molecule has 1 atom stereocenters. The van der Waals surface area contributed by atoms with Gasteiger partial charge in [0.25, 0.3) is 0 Å². The average molecular weight is 295 g/mol. The molecule has 2 aromatic rings. The zero-order valence-electron chi connectivity index (χ0n) is 10.7. The van der Waals surface area contributed by atoms with Gasteiger partial charge < -0.3 is 10.4 Å². The molecular weight excluding hydrogens is 282 g/mol. The molecule has 20 heavy (non-hydrogen) atoms. The number of carbonyl (C=O) groups is 1. The Morgan fingerprint density at radius 3 is 2.95 bits per heavy atom. The molecule has 2 N–H and O–H groups in total. The summed E-state index contributed by atoms with van der Waals surface area (Å²) in [6.07, 6.45) is 0.460. The first-order valence-electron chi connectivity index (χ1n) is 6.01. The van der Waals surface area contributed by atoms with Crippen LogP contribution in [0.15, 0.2) is 17.6 Å². The molecule has 0 bridgehead atoms. The van der Waals surface area contributed by atoms with Crippen LogP contribution < -0.4 is 5.32 Å². The number of benzene rings is 1. The van der Waals surface area contributed by atoms with Crippen molar-refractivity contribution in [3.8, 4) is 0 Å². The third-order valence-electron chi connectivity index (χ3n) is 2.93. The molecular formula is C12H13N3O4S. The first-order chi connectivity index (χ1) is 9.52. The molecule has 106 valence electrons. The minimum Gasteiger partial charge on any atom is -0.481 e. The Morgan fingerprint density at radius 1 is 1.60 bits per heavy atom. The number of aromatic nitrogens is 1. The predicted octanol–water partition coefficient (Wildman–Crippen LogP) is 2.87. The summed E-state index contributed by atoms with van der Waals surface area (Å²) in [6.45, 7) is 1.83. The van der Waals surface area contributed by atoms with E-state index in [0.29, 0.717) is 17.6 Å². The Kier molecular flexibility index (Phi) is 4.14. The highest BCUT2D eigenvalue weighted by molar-refractivity contribution is 7.16. The molecule has 2 rings (SSSR count). The van der Waals surface area contributed by atoms with Crippen molar-refractivity contribution in [2.75, 3.05) is 5.32 Å². The first-order valence-corrected chi connectivity index (χ1v) is 6.89. The van der Waals surface area contributed by atoms with E-state index in [1.807, 2.05) is 6.92 Å². The normalized spacial score (nSPS) is 12.2. The molecule has 0 fully saturated rings. The van der Waals surface area contributed by atoms with E-state index < -0.39 is 10.9 Å². The largest absolute Gasteiger partial charge is 0.481 e. The van der Waals surface area contributed by atoms with Crippen LogP contribution in [-0.2, 0) is 4.79 Å². The summed E-state index contributed by atoms with van der Waals surface area (Å²) < 4.78 is 0.730. The van der Waals surface area contributed by atoms with Crippen molar-refractivity contribution in [2.45, 2.75) is 25.8 Å². The van der Waals surface area contributed by atoms with Gasteiger partial charge in [-0.3, -0.25) is 14.9 Å². The van der Waals surface area contributed by atoms with Gasteiger partial charge in [0.2, 0.25) is 0 Å². The summed E-state index contributed by atoms with van der Waals surface area (Å²) >= 11 is 1.33. The number of nitro benzene ring substituents is 1. The van der Waals surface area contributed by atoms with Crippen LogP contribution in [0, 0.1) is 10.1 Å². The van der Waals surface area contributed by atoms with Gasteiger partial charge in [-0.25, -0.2) is 4.98 Å². The van der Waals surface area contributed by atoms with Crippen molar-refractivity contribution in [3.63, 3.8) is 0 Å². The van der Waals surface area contributed by atoms with Gasteiger partial charge in [-0.15, -0.1) is 11.3 Å². The standard InChI is InChI=1S/C12H13N3O4S/c1-2-7(5-10(16)17)14-8-3-4-9-11(13-6-20-9)12(8)15(18)19/h3-4,6-7,14H,2,5H2,1H3,(H,16,17). The number of nitrogens with zero attached hydrogens (tertiary/aromatic N) is 2. The molecule has 0 saturated carbocycles. The summed E-state index contributed by atoms with van der Waals surface area (Å²) in [5.74, 6) is -0.943. The number of carboxylic acids is 1. The number of rotatable bonds is 6. The van der Waals surface area contributed by atoms with E-state index in [0.717, 1.165) is 4.70 Å². The number of fused-ring (bicyclic) bond motifs is 1. The van der Waals surface area contributed by atoms with Crippen molar-refractivity contribution in [2.24, 2.45) is 0 Å². The third kappa shape index (κ3) is 2.85. The van der Waals surface area contributed by atoms with Crippen molar-refractivity contribution < 1.29 is 14.8 Å². The summed E-state index contributed by atoms with van der Waals surface area (Å²) in [6, 6.07) is 2.99. The molecule has 0 amide bonds. The van der Waals surface area contributed by atoms with Gasteiger partial charge in [0.15, 0.2) is 5.52 Å². The Hall–Kier alpha value is -2.22. The van der Waals surface area contributed by atoms with Gasteiger partial charge in [-0.1, -0.05) is 6.92 Å². The molecule has 0 aliphatic carbocycles. The molecule has 0 spiro atoms. The number of anilines is 1. The van der Waals surface area contributed by atoms with E-state index in [9.17, 15) is 14.9 Å². The Morgan fingerprint density at radius 2 is 2.35 bits per heavy atom. The SMILES string of the molecule is CCC(CC(=O)O)Nc1ccc2scnc2c1[N+](=O)[O-]. The lowest BCUT2D eigenvalue weighted by atomic mass is 10.1. The lowest BCUT2D eigenvalue weighted by Crippen LogP contribution is -2.22. The highest BCUT2D eigenvalue weighted by Gasteiger charge is 2.22. The molecule has 1 aromatic heterocycles. The molecule has 1 heterocycles. The summed E-state index contributed by atoms with van der Waals surface area (Å²) in [7, 11) is 0. The molecule has 7 nitrogen and oxygen atoms in total. The molecule has 0 aliphatic heterocycles. The quantitative estimate of drug-likeness (QED) is 0.627. The number of nitro groups is 1. The molecule has 1 aromatic carbocycles. The second kappa shape index (κ2) is 5.83. The minimum absolute atomic E-state index is 0.0945. The van der Waals surface area contributed by atoms with E-state index in [1.54, 1.807) is 17.6 Å². The maximum atomic E-state index is 11.2. The highest BCUT2D eigenvalue weighted by Crippen LogP contribution is 2.34. The summed E-state index contributed by atoms with van der Waals surface area (Å²) in [5.41, 5.74) is 2.08. The highest BCUT2D eigenvalue weighted by atomic mass is 32.1. The number of aliphatic carboxylic acids is 1. The van der Waals surface area contributed by atoms with Crippen molar-refractivity contribution >= 4 is 38.9 Å². The second-order valence-corrected chi connectivity index (χ2v) is 5.15. The topological polar surface area (TPSA) is 105 Å². The van der Waals surface area contributed by atoms with Crippen molar-refractivity contribution in [1.82, 2.24) is 4.98 Å². The maximum Gasteiger partial charge on any atom is 0.319 e. The fraction of sp³-hybridized carbons (Fsp3) is 0.333. The van der Waals surface area contributed by atoms with Crippen LogP contribution >= 0.6 is 11.3 Å². The van der Waals surface area contributed by atoms with Crippen LogP contribution in [0.25, 0.3) is 10.2 Å². The minimum atomic E-state index is -0.943. The van der Waals surface area contributed by atoms with Gasteiger partial charge in [0.1, 0.15) is 5.69 Å². The van der Waals surface area contributed by atoms with Crippen molar-refractivity contribution in [1.29, 1.82) is 0 Å². The van der Waals surface area contributed by atoms with Crippen LogP contribution in [0.2, 0.25) is 0 Å².